The molecule has 1 aliphatic heterocycles. The second-order valence-corrected chi connectivity index (χ2v) is 8.13. The molecule has 8 heteroatoms. The highest BCUT2D eigenvalue weighted by atomic mass is 32.1. The number of fused-ring (bicyclic) bond motifs is 1. The molecule has 2 unspecified atom stereocenters. The number of rotatable bonds is 8. The van der Waals surface area contributed by atoms with Crippen molar-refractivity contribution in [2.24, 2.45) is 0 Å². The van der Waals surface area contributed by atoms with Crippen molar-refractivity contribution in [2.75, 3.05) is 26.9 Å². The maximum atomic E-state index is 12.8. The summed E-state index contributed by atoms with van der Waals surface area (Å²) >= 11 is 1.40. The first-order valence-electron chi connectivity index (χ1n) is 9.65. The average Bonchev–Trinajstić information content (AvgIpc) is 3.40. The number of aromatic nitrogens is 2. The molecule has 3 aromatic rings. The monoisotopic (exact) mass is 416 g/mol. The summed E-state index contributed by atoms with van der Waals surface area (Å²) in [6, 6.07) is 9.60. The molecule has 1 saturated heterocycles. The van der Waals surface area contributed by atoms with E-state index in [0.29, 0.717) is 16.8 Å². The van der Waals surface area contributed by atoms with Crippen molar-refractivity contribution in [3.8, 4) is 16.2 Å². The minimum Gasteiger partial charge on any atom is -0.497 e. The third kappa shape index (κ3) is 4.67. The Morgan fingerprint density at radius 2 is 2.21 bits per heavy atom. The molecule has 0 saturated carbocycles. The third-order valence-electron chi connectivity index (χ3n) is 4.92. The molecule has 3 heterocycles. The van der Waals surface area contributed by atoms with Gasteiger partial charge in [0.15, 0.2) is 0 Å². The number of thiophene rings is 1. The van der Waals surface area contributed by atoms with E-state index in [1.807, 2.05) is 30.3 Å². The highest BCUT2D eigenvalue weighted by Crippen LogP contribution is 2.31. The van der Waals surface area contributed by atoms with Gasteiger partial charge in [-0.25, -0.2) is 4.98 Å². The molecule has 29 heavy (non-hydrogen) atoms. The van der Waals surface area contributed by atoms with E-state index >= 15 is 0 Å². The van der Waals surface area contributed by atoms with Crippen molar-refractivity contribution < 1.29 is 19.3 Å². The number of ether oxygens (including phenoxy) is 3. The van der Waals surface area contributed by atoms with Gasteiger partial charge in [0, 0.05) is 11.5 Å². The molecule has 1 N–H and O–H groups in total. The molecule has 154 valence electrons. The molecule has 1 fully saturated rings. The summed E-state index contributed by atoms with van der Waals surface area (Å²) in [5.41, 5.74) is 1.51. The Hall–Kier alpha value is -2.26. The first-order chi connectivity index (χ1) is 14.1. The van der Waals surface area contributed by atoms with Crippen LogP contribution >= 0.6 is 11.3 Å². The maximum Gasteiger partial charge on any atom is 0.271 e. The Morgan fingerprint density at radius 3 is 2.93 bits per heavy atom. The van der Waals surface area contributed by atoms with Gasteiger partial charge in [-0.2, -0.15) is 0 Å². The van der Waals surface area contributed by atoms with E-state index in [1.54, 1.807) is 7.11 Å². The fourth-order valence-corrected chi connectivity index (χ4v) is 4.43. The number of methoxy groups -OCH3 is 1. The van der Waals surface area contributed by atoms with Crippen LogP contribution in [0, 0.1) is 0 Å². The van der Waals surface area contributed by atoms with E-state index < -0.39 is 6.10 Å². The molecule has 0 aliphatic carbocycles. The predicted molar refractivity (Wildman–Crippen MR) is 112 cm³/mol. The topological polar surface area (TPSA) is 82.8 Å². The molecule has 0 spiro atoms. The van der Waals surface area contributed by atoms with Gasteiger partial charge in [-0.05, 0) is 48.7 Å². The number of nitrogens with zero attached hydrogens (tertiary/aromatic N) is 2. The van der Waals surface area contributed by atoms with Crippen LogP contribution in [0.1, 0.15) is 12.8 Å². The molecule has 0 radical (unpaired) electrons. The van der Waals surface area contributed by atoms with Crippen LogP contribution in [0.3, 0.4) is 0 Å². The summed E-state index contributed by atoms with van der Waals surface area (Å²) in [4.78, 5) is 18.2. The van der Waals surface area contributed by atoms with E-state index in [9.17, 15) is 9.90 Å². The van der Waals surface area contributed by atoms with Crippen molar-refractivity contribution in [2.45, 2.75) is 31.6 Å². The molecule has 4 rings (SSSR count). The number of benzene rings is 1. The van der Waals surface area contributed by atoms with Crippen LogP contribution in [-0.2, 0) is 16.0 Å². The zero-order valence-corrected chi connectivity index (χ0v) is 17.1. The minimum atomic E-state index is -0.783. The van der Waals surface area contributed by atoms with Crippen LogP contribution in [0.4, 0.5) is 0 Å². The van der Waals surface area contributed by atoms with Crippen LogP contribution < -0.4 is 10.3 Å². The quantitative estimate of drug-likeness (QED) is 0.608. The first kappa shape index (κ1) is 20.0. The normalized spacial score (nSPS) is 17.7. The molecular weight excluding hydrogens is 392 g/mol. The van der Waals surface area contributed by atoms with Gasteiger partial charge >= 0.3 is 0 Å². The van der Waals surface area contributed by atoms with Crippen LogP contribution in [0.15, 0.2) is 41.5 Å². The Morgan fingerprint density at radius 1 is 1.38 bits per heavy atom. The lowest BCUT2D eigenvalue weighted by molar-refractivity contribution is -0.0209. The molecule has 2 atom stereocenters. The molecule has 1 aliphatic rings. The van der Waals surface area contributed by atoms with E-state index in [2.05, 4.69) is 4.98 Å². The summed E-state index contributed by atoms with van der Waals surface area (Å²) in [5.74, 6) is 0.783. The van der Waals surface area contributed by atoms with Gasteiger partial charge in [-0.3, -0.25) is 9.36 Å². The van der Waals surface area contributed by atoms with E-state index in [1.165, 1.54) is 22.2 Å². The van der Waals surface area contributed by atoms with E-state index in [0.717, 1.165) is 35.6 Å². The van der Waals surface area contributed by atoms with Crippen molar-refractivity contribution >= 4 is 21.6 Å². The molecule has 0 amide bonds. The van der Waals surface area contributed by atoms with Gasteiger partial charge in [0.25, 0.3) is 5.56 Å². The minimum absolute atomic E-state index is 0.116. The fraction of sp³-hybridized carbons (Fsp3) is 0.429. The molecule has 7 nitrogen and oxygen atoms in total. The van der Waals surface area contributed by atoms with Gasteiger partial charge in [0.1, 0.15) is 10.4 Å². The average molecular weight is 416 g/mol. The first-order valence-corrected chi connectivity index (χ1v) is 10.5. The molecule has 0 bridgehead atoms. The van der Waals surface area contributed by atoms with Crippen molar-refractivity contribution in [3.63, 3.8) is 0 Å². The van der Waals surface area contributed by atoms with Crippen LogP contribution in [0.5, 0.6) is 5.75 Å². The highest BCUT2D eigenvalue weighted by molar-refractivity contribution is 7.22. The largest absolute Gasteiger partial charge is 0.497 e. The number of aliphatic hydroxyl groups excluding tert-OH is 1. The SMILES string of the molecule is COc1ccc(-c2cc3ncn(CC(O)COCC4CCCO4)c(=O)c3s2)cc1. The number of aliphatic hydroxyl groups is 1. The van der Waals surface area contributed by atoms with Gasteiger partial charge in [-0.15, -0.1) is 11.3 Å². The number of hydrogen-bond donors (Lipinski definition) is 1. The van der Waals surface area contributed by atoms with Crippen molar-refractivity contribution in [1.82, 2.24) is 9.55 Å². The second kappa shape index (κ2) is 9.04. The Bertz CT molecular complexity index is 1010. The summed E-state index contributed by atoms with van der Waals surface area (Å²) in [6.45, 7) is 1.55. The Kier molecular flexibility index (Phi) is 6.25. The molecular formula is C21H24N2O5S. The Labute approximate surface area is 172 Å². The number of hydrogen-bond acceptors (Lipinski definition) is 7. The third-order valence-corrected chi connectivity index (χ3v) is 6.09. The van der Waals surface area contributed by atoms with Gasteiger partial charge in [0.05, 0.1) is 50.9 Å². The van der Waals surface area contributed by atoms with Crippen molar-refractivity contribution in [1.29, 1.82) is 0 Å². The van der Waals surface area contributed by atoms with E-state index in [-0.39, 0.29) is 24.8 Å². The maximum absolute atomic E-state index is 12.8. The summed E-state index contributed by atoms with van der Waals surface area (Å²) in [7, 11) is 1.63. The summed E-state index contributed by atoms with van der Waals surface area (Å²) in [6.07, 6.45) is 2.86. The van der Waals surface area contributed by atoms with Crippen LogP contribution in [-0.4, -0.2) is 53.8 Å². The predicted octanol–water partition coefficient (Wildman–Crippen LogP) is 2.69. The lowest BCUT2D eigenvalue weighted by atomic mass is 10.2. The van der Waals surface area contributed by atoms with Crippen LogP contribution in [0.25, 0.3) is 20.7 Å². The highest BCUT2D eigenvalue weighted by Gasteiger charge is 2.17. The second-order valence-electron chi connectivity index (χ2n) is 7.08. The molecule has 1 aromatic carbocycles. The molecule has 2 aromatic heterocycles. The van der Waals surface area contributed by atoms with Gasteiger partial charge in [0.2, 0.25) is 0 Å². The summed E-state index contributed by atoms with van der Waals surface area (Å²) < 4.78 is 18.2. The van der Waals surface area contributed by atoms with E-state index in [4.69, 9.17) is 14.2 Å². The zero-order valence-electron chi connectivity index (χ0n) is 16.2. The Balaban J connectivity index is 1.44. The summed E-state index contributed by atoms with van der Waals surface area (Å²) in [5, 5.41) is 10.2. The smallest absolute Gasteiger partial charge is 0.271 e. The fourth-order valence-electron chi connectivity index (χ4n) is 3.36. The lowest BCUT2D eigenvalue weighted by Crippen LogP contribution is -2.30. The van der Waals surface area contributed by atoms with Crippen LogP contribution in [0.2, 0.25) is 0 Å². The lowest BCUT2D eigenvalue weighted by Gasteiger charge is -2.14. The zero-order chi connectivity index (χ0) is 20.2. The standard InChI is InChI=1S/C21H24N2O5S/c1-26-16-6-4-14(5-7-16)19-9-18-20(29-19)21(25)23(13-22-18)10-15(24)11-27-12-17-3-2-8-28-17/h4-7,9,13,15,17,24H,2-3,8,10-12H2,1H3. The van der Waals surface area contributed by atoms with Crippen molar-refractivity contribution in [3.05, 3.63) is 47.0 Å². The van der Waals surface area contributed by atoms with Gasteiger partial charge in [-0.1, -0.05) is 0 Å². The van der Waals surface area contributed by atoms with Gasteiger partial charge < -0.3 is 19.3 Å².